The summed E-state index contributed by atoms with van der Waals surface area (Å²) in [7, 11) is 0. The predicted octanol–water partition coefficient (Wildman–Crippen LogP) is 9.02. The van der Waals surface area contributed by atoms with E-state index in [1.807, 2.05) is 97.1 Å². The molecule has 0 radical (unpaired) electrons. The third-order valence-electron chi connectivity index (χ3n) is 7.57. The summed E-state index contributed by atoms with van der Waals surface area (Å²) in [4.78, 5) is 0. The number of hydrogen-bond donors (Lipinski definition) is 1. The SMILES string of the molecule is CCCCCCCCCCOC(c1ccccc1)(c1ccccc1)C(O)(c1ccccc1)c1ccccc1. The molecule has 4 rings (SSSR count). The molecular formula is C36H42O2. The summed E-state index contributed by atoms with van der Waals surface area (Å²) in [5.74, 6) is 0. The normalized spacial score (nSPS) is 11.9. The van der Waals surface area contributed by atoms with Gasteiger partial charge in [0.05, 0.1) is 0 Å². The summed E-state index contributed by atoms with van der Waals surface area (Å²) in [6.07, 6.45) is 9.83. The predicted molar refractivity (Wildman–Crippen MR) is 158 cm³/mol. The van der Waals surface area contributed by atoms with Crippen molar-refractivity contribution in [3.63, 3.8) is 0 Å². The van der Waals surface area contributed by atoms with Crippen molar-refractivity contribution in [3.8, 4) is 0 Å². The molecule has 2 heteroatoms. The largest absolute Gasteiger partial charge is 0.377 e. The monoisotopic (exact) mass is 506 g/mol. The molecule has 198 valence electrons. The first-order valence-corrected chi connectivity index (χ1v) is 14.3. The number of hydrogen-bond acceptors (Lipinski definition) is 2. The van der Waals surface area contributed by atoms with Crippen LogP contribution in [0.4, 0.5) is 0 Å². The van der Waals surface area contributed by atoms with Crippen molar-refractivity contribution in [2.75, 3.05) is 6.61 Å². The van der Waals surface area contributed by atoms with E-state index in [-0.39, 0.29) is 0 Å². The van der Waals surface area contributed by atoms with E-state index in [2.05, 4.69) is 31.2 Å². The van der Waals surface area contributed by atoms with Crippen LogP contribution in [0.1, 0.15) is 80.5 Å². The standard InChI is InChI=1S/C36H42O2/c1-2-3-4-5-6-7-8-21-30-38-36(33-26-17-11-18-27-33,34-28-19-12-20-29-34)35(37,31-22-13-9-14-23-31)32-24-15-10-16-25-32/h9-20,22-29,37H,2-8,21,30H2,1H3. The summed E-state index contributed by atoms with van der Waals surface area (Å²) < 4.78 is 7.07. The Hall–Kier alpha value is -3.20. The van der Waals surface area contributed by atoms with Crippen LogP contribution in [-0.2, 0) is 15.9 Å². The maximum absolute atomic E-state index is 13.2. The second-order valence-electron chi connectivity index (χ2n) is 10.2. The molecule has 0 aliphatic rings. The average molecular weight is 507 g/mol. The first-order valence-electron chi connectivity index (χ1n) is 14.3. The Kier molecular flexibility index (Phi) is 10.3. The zero-order chi connectivity index (χ0) is 26.5. The van der Waals surface area contributed by atoms with Gasteiger partial charge in [0, 0.05) is 6.61 Å². The summed E-state index contributed by atoms with van der Waals surface area (Å²) in [6, 6.07) is 40.4. The molecule has 0 spiro atoms. The Bertz CT molecular complexity index is 1090. The highest BCUT2D eigenvalue weighted by atomic mass is 16.5. The number of ether oxygens (including phenoxy) is 1. The number of unbranched alkanes of at least 4 members (excludes halogenated alkanes) is 7. The van der Waals surface area contributed by atoms with E-state index in [1.165, 1.54) is 38.5 Å². The van der Waals surface area contributed by atoms with E-state index < -0.39 is 11.2 Å². The van der Waals surface area contributed by atoms with Crippen LogP contribution in [0.15, 0.2) is 121 Å². The fraction of sp³-hybridized carbons (Fsp3) is 0.333. The van der Waals surface area contributed by atoms with E-state index in [4.69, 9.17) is 4.74 Å². The molecule has 0 saturated carbocycles. The third kappa shape index (κ3) is 6.09. The van der Waals surface area contributed by atoms with Gasteiger partial charge in [0.1, 0.15) is 0 Å². The van der Waals surface area contributed by atoms with E-state index in [0.717, 1.165) is 35.1 Å². The van der Waals surface area contributed by atoms with Crippen LogP contribution in [0, 0.1) is 0 Å². The van der Waals surface area contributed by atoms with Crippen molar-refractivity contribution < 1.29 is 9.84 Å². The van der Waals surface area contributed by atoms with Crippen LogP contribution >= 0.6 is 0 Å². The van der Waals surface area contributed by atoms with Crippen LogP contribution < -0.4 is 0 Å². The first kappa shape index (κ1) is 27.8. The van der Waals surface area contributed by atoms with Gasteiger partial charge in [0.2, 0.25) is 0 Å². The quantitative estimate of drug-likeness (QED) is 0.163. The maximum atomic E-state index is 13.2. The number of aliphatic hydroxyl groups is 1. The molecule has 2 nitrogen and oxygen atoms in total. The summed E-state index contributed by atoms with van der Waals surface area (Å²) in [6.45, 7) is 2.82. The second kappa shape index (κ2) is 14.1. The lowest BCUT2D eigenvalue weighted by Gasteiger charge is -2.48. The van der Waals surface area contributed by atoms with Crippen LogP contribution in [-0.4, -0.2) is 11.7 Å². The van der Waals surface area contributed by atoms with Gasteiger partial charge in [-0.25, -0.2) is 0 Å². The number of benzene rings is 4. The van der Waals surface area contributed by atoms with E-state index >= 15 is 0 Å². The lowest BCUT2D eigenvalue weighted by molar-refractivity contribution is -0.153. The fourth-order valence-electron chi connectivity index (χ4n) is 5.59. The maximum Gasteiger partial charge on any atom is 0.155 e. The van der Waals surface area contributed by atoms with Crippen LogP contribution in [0.3, 0.4) is 0 Å². The van der Waals surface area contributed by atoms with Gasteiger partial charge in [-0.1, -0.05) is 173 Å². The van der Waals surface area contributed by atoms with Gasteiger partial charge in [-0.15, -0.1) is 0 Å². The van der Waals surface area contributed by atoms with Crippen molar-refractivity contribution in [1.29, 1.82) is 0 Å². The van der Waals surface area contributed by atoms with Gasteiger partial charge in [0.15, 0.2) is 11.2 Å². The van der Waals surface area contributed by atoms with Gasteiger partial charge in [-0.3, -0.25) is 0 Å². The van der Waals surface area contributed by atoms with E-state index in [0.29, 0.717) is 6.61 Å². The average Bonchev–Trinajstić information content (AvgIpc) is 3.00. The minimum Gasteiger partial charge on any atom is -0.377 e. The van der Waals surface area contributed by atoms with E-state index in [1.54, 1.807) is 0 Å². The molecule has 4 aromatic carbocycles. The molecule has 0 bridgehead atoms. The Morgan fingerprint density at radius 3 is 1.21 bits per heavy atom. The summed E-state index contributed by atoms with van der Waals surface area (Å²) in [5.41, 5.74) is 0.837. The minimum absolute atomic E-state index is 0.556. The molecular weight excluding hydrogens is 464 g/mol. The fourth-order valence-corrected chi connectivity index (χ4v) is 5.59. The van der Waals surface area contributed by atoms with Gasteiger partial charge in [0.25, 0.3) is 0 Å². The summed E-state index contributed by atoms with van der Waals surface area (Å²) >= 11 is 0. The molecule has 0 saturated heterocycles. The molecule has 1 N–H and O–H groups in total. The highest BCUT2D eigenvalue weighted by Crippen LogP contribution is 2.52. The summed E-state index contributed by atoms with van der Waals surface area (Å²) in [5, 5.41) is 13.2. The molecule has 4 aromatic rings. The molecule has 38 heavy (non-hydrogen) atoms. The van der Waals surface area contributed by atoms with Gasteiger partial charge in [-0.2, -0.15) is 0 Å². The zero-order valence-corrected chi connectivity index (χ0v) is 22.8. The van der Waals surface area contributed by atoms with Crippen molar-refractivity contribution in [2.45, 2.75) is 69.5 Å². The van der Waals surface area contributed by atoms with Gasteiger partial charge in [-0.05, 0) is 28.7 Å². The van der Waals surface area contributed by atoms with Crippen LogP contribution in [0.5, 0.6) is 0 Å². The van der Waals surface area contributed by atoms with Crippen molar-refractivity contribution in [1.82, 2.24) is 0 Å². The lowest BCUT2D eigenvalue weighted by atomic mass is 9.66. The number of rotatable bonds is 15. The topological polar surface area (TPSA) is 29.5 Å². The Morgan fingerprint density at radius 1 is 0.474 bits per heavy atom. The van der Waals surface area contributed by atoms with Crippen molar-refractivity contribution in [3.05, 3.63) is 144 Å². The van der Waals surface area contributed by atoms with Gasteiger partial charge < -0.3 is 9.84 Å². The molecule has 0 aromatic heterocycles. The van der Waals surface area contributed by atoms with Crippen LogP contribution in [0.25, 0.3) is 0 Å². The van der Waals surface area contributed by atoms with Crippen LogP contribution in [0.2, 0.25) is 0 Å². The van der Waals surface area contributed by atoms with E-state index in [9.17, 15) is 5.11 Å². The van der Waals surface area contributed by atoms with Gasteiger partial charge >= 0.3 is 0 Å². The minimum atomic E-state index is -1.47. The van der Waals surface area contributed by atoms with Crippen molar-refractivity contribution in [2.24, 2.45) is 0 Å². The lowest BCUT2D eigenvalue weighted by Crippen LogP contribution is -2.53. The smallest absolute Gasteiger partial charge is 0.155 e. The van der Waals surface area contributed by atoms with Crippen molar-refractivity contribution >= 4 is 0 Å². The highest BCUT2D eigenvalue weighted by Gasteiger charge is 2.56. The molecule has 0 fully saturated rings. The molecule has 0 aliphatic heterocycles. The Balaban J connectivity index is 1.78. The first-order chi connectivity index (χ1) is 18.7. The zero-order valence-electron chi connectivity index (χ0n) is 22.8. The molecule has 0 amide bonds. The second-order valence-corrected chi connectivity index (χ2v) is 10.2. The molecule has 0 heterocycles. The Labute approximate surface area is 229 Å². The Morgan fingerprint density at radius 2 is 0.816 bits per heavy atom. The highest BCUT2D eigenvalue weighted by molar-refractivity contribution is 5.50. The molecule has 0 aliphatic carbocycles. The third-order valence-corrected chi connectivity index (χ3v) is 7.57. The molecule has 0 atom stereocenters. The molecule has 0 unspecified atom stereocenters.